The van der Waals surface area contributed by atoms with Crippen molar-refractivity contribution < 1.29 is 24.2 Å². The van der Waals surface area contributed by atoms with Gasteiger partial charge in [-0.15, -0.1) is 0 Å². The molecule has 1 aliphatic heterocycles. The number of piperidine rings is 1. The van der Waals surface area contributed by atoms with E-state index in [-0.39, 0.29) is 23.8 Å². The number of carbonyl (C=O) groups is 3. The van der Waals surface area contributed by atoms with Gasteiger partial charge < -0.3 is 20.1 Å². The molecule has 9 nitrogen and oxygen atoms in total. The standard InChI is InChI=1S/C27H30N4O5/c1-36-20-7-5-18(6-8-20)26(33)30-12-9-17(10-13-30)19-11-14-31-24(15-19)22(16-28-31)25(32)29-23-4-2-3-21(23)27(34)35/h5-8,11,14-17,21,23H,2-4,9-10,12-13H2,1H3,(H,29,32)(H,34,35)/t21-,23+/m0/s1. The maximum atomic E-state index is 13.0. The zero-order valence-corrected chi connectivity index (χ0v) is 20.2. The van der Waals surface area contributed by atoms with Gasteiger partial charge in [-0.2, -0.15) is 5.10 Å². The zero-order valence-electron chi connectivity index (χ0n) is 20.2. The van der Waals surface area contributed by atoms with Crippen LogP contribution in [0.5, 0.6) is 5.75 Å². The van der Waals surface area contributed by atoms with Crippen LogP contribution in [-0.2, 0) is 4.79 Å². The first-order valence-electron chi connectivity index (χ1n) is 12.4. The molecule has 5 rings (SSSR count). The predicted octanol–water partition coefficient (Wildman–Crippen LogP) is 3.35. The second-order valence-electron chi connectivity index (χ2n) is 9.60. The molecule has 0 bridgehead atoms. The van der Waals surface area contributed by atoms with Gasteiger partial charge in [0.25, 0.3) is 11.8 Å². The summed E-state index contributed by atoms with van der Waals surface area (Å²) < 4.78 is 6.84. The number of methoxy groups -OCH3 is 1. The van der Waals surface area contributed by atoms with Gasteiger partial charge in [-0.05, 0) is 73.6 Å². The molecule has 0 spiro atoms. The molecule has 2 fully saturated rings. The van der Waals surface area contributed by atoms with Crippen LogP contribution in [0.3, 0.4) is 0 Å². The maximum absolute atomic E-state index is 13.0. The summed E-state index contributed by atoms with van der Waals surface area (Å²) in [6, 6.07) is 10.8. The van der Waals surface area contributed by atoms with Crippen LogP contribution >= 0.6 is 0 Å². The molecule has 2 N–H and O–H groups in total. The Hall–Kier alpha value is -3.88. The van der Waals surface area contributed by atoms with E-state index in [9.17, 15) is 19.5 Å². The molecule has 0 unspecified atom stereocenters. The van der Waals surface area contributed by atoms with Crippen molar-refractivity contribution in [1.29, 1.82) is 0 Å². The molecule has 1 saturated heterocycles. The lowest BCUT2D eigenvalue weighted by Crippen LogP contribution is -2.40. The first-order chi connectivity index (χ1) is 17.4. The minimum Gasteiger partial charge on any atom is -0.497 e. The Balaban J connectivity index is 1.26. The number of aromatic nitrogens is 2. The number of hydrogen-bond donors (Lipinski definition) is 2. The lowest BCUT2D eigenvalue weighted by atomic mass is 9.89. The average Bonchev–Trinajstić information content (AvgIpc) is 3.55. The smallest absolute Gasteiger partial charge is 0.308 e. The van der Waals surface area contributed by atoms with Crippen LogP contribution in [-0.4, -0.2) is 63.6 Å². The van der Waals surface area contributed by atoms with Gasteiger partial charge in [0.1, 0.15) is 5.75 Å². The summed E-state index contributed by atoms with van der Waals surface area (Å²) >= 11 is 0. The molecular weight excluding hydrogens is 460 g/mol. The molecule has 2 aromatic heterocycles. The third-order valence-electron chi connectivity index (χ3n) is 7.53. The number of nitrogens with zero attached hydrogens (tertiary/aromatic N) is 3. The number of carboxylic acid groups (broad SMARTS) is 1. The molecular formula is C27H30N4O5. The summed E-state index contributed by atoms with van der Waals surface area (Å²) in [5.41, 5.74) is 2.91. The van der Waals surface area contributed by atoms with Crippen LogP contribution in [0, 0.1) is 5.92 Å². The first-order valence-corrected chi connectivity index (χ1v) is 12.4. The van der Waals surface area contributed by atoms with Crippen molar-refractivity contribution >= 4 is 23.3 Å². The van der Waals surface area contributed by atoms with Crippen molar-refractivity contribution in [1.82, 2.24) is 19.8 Å². The fourth-order valence-electron chi connectivity index (χ4n) is 5.43. The van der Waals surface area contributed by atoms with Crippen molar-refractivity contribution in [3.05, 3.63) is 65.5 Å². The highest BCUT2D eigenvalue weighted by atomic mass is 16.5. The third-order valence-corrected chi connectivity index (χ3v) is 7.53. The molecule has 9 heteroatoms. The van der Waals surface area contributed by atoms with E-state index in [1.165, 1.54) is 6.20 Å². The van der Waals surface area contributed by atoms with Crippen LogP contribution in [0.4, 0.5) is 0 Å². The Kier molecular flexibility index (Phi) is 6.63. The van der Waals surface area contributed by atoms with Crippen LogP contribution in [0.25, 0.3) is 5.52 Å². The molecule has 3 heterocycles. The number of fused-ring (bicyclic) bond motifs is 1. The van der Waals surface area contributed by atoms with Crippen LogP contribution in [0.2, 0.25) is 0 Å². The summed E-state index contributed by atoms with van der Waals surface area (Å²) in [6.07, 6.45) is 7.09. The molecule has 1 aromatic carbocycles. The highest BCUT2D eigenvalue weighted by molar-refractivity contribution is 6.01. The van der Waals surface area contributed by atoms with Crippen molar-refractivity contribution in [2.45, 2.75) is 44.1 Å². The molecule has 1 aliphatic carbocycles. The van der Waals surface area contributed by atoms with E-state index in [2.05, 4.69) is 10.4 Å². The topological polar surface area (TPSA) is 113 Å². The molecule has 2 atom stereocenters. The second kappa shape index (κ2) is 10.0. The number of rotatable bonds is 6. The van der Waals surface area contributed by atoms with Crippen LogP contribution < -0.4 is 10.1 Å². The molecule has 188 valence electrons. The summed E-state index contributed by atoms with van der Waals surface area (Å²) in [6.45, 7) is 1.32. The Bertz CT molecular complexity index is 1280. The predicted molar refractivity (Wildman–Crippen MR) is 132 cm³/mol. The maximum Gasteiger partial charge on any atom is 0.308 e. The number of carboxylic acids is 1. The Labute approximate surface area is 209 Å². The van der Waals surface area contributed by atoms with E-state index < -0.39 is 11.9 Å². The number of ether oxygens (including phenoxy) is 1. The number of likely N-dealkylation sites (tertiary alicyclic amines) is 1. The molecule has 2 aliphatic rings. The van der Waals surface area contributed by atoms with E-state index in [4.69, 9.17) is 4.74 Å². The van der Waals surface area contributed by atoms with Crippen LogP contribution in [0.15, 0.2) is 48.8 Å². The number of amides is 2. The number of hydrogen-bond acceptors (Lipinski definition) is 5. The highest BCUT2D eigenvalue weighted by Crippen LogP contribution is 2.31. The molecule has 36 heavy (non-hydrogen) atoms. The number of nitrogens with one attached hydrogen (secondary N) is 1. The van der Waals surface area contributed by atoms with Gasteiger partial charge in [0.2, 0.25) is 0 Å². The largest absolute Gasteiger partial charge is 0.497 e. The normalized spacial score (nSPS) is 20.4. The van der Waals surface area contributed by atoms with E-state index in [0.717, 1.165) is 30.6 Å². The van der Waals surface area contributed by atoms with Crippen molar-refractivity contribution in [3.8, 4) is 5.75 Å². The summed E-state index contributed by atoms with van der Waals surface area (Å²) in [5, 5.41) is 16.7. The first kappa shape index (κ1) is 23.8. The number of aliphatic carboxylic acids is 1. The summed E-state index contributed by atoms with van der Waals surface area (Å²) in [5.74, 6) is -0.688. The van der Waals surface area contributed by atoms with E-state index in [1.54, 1.807) is 35.9 Å². The van der Waals surface area contributed by atoms with Gasteiger partial charge in [0.15, 0.2) is 0 Å². The number of pyridine rings is 1. The molecule has 3 aromatic rings. The van der Waals surface area contributed by atoms with E-state index in [1.807, 2.05) is 23.2 Å². The van der Waals surface area contributed by atoms with Gasteiger partial charge >= 0.3 is 5.97 Å². The monoisotopic (exact) mass is 490 g/mol. The van der Waals surface area contributed by atoms with Gasteiger partial charge in [-0.1, -0.05) is 6.42 Å². The SMILES string of the molecule is COc1ccc(C(=O)N2CCC(c3ccn4ncc(C(=O)N[C@@H]5CCC[C@@H]5C(=O)O)c4c3)CC2)cc1. The van der Waals surface area contributed by atoms with Gasteiger partial charge in [0.05, 0.1) is 30.3 Å². The third kappa shape index (κ3) is 4.65. The quantitative estimate of drug-likeness (QED) is 0.548. The lowest BCUT2D eigenvalue weighted by molar-refractivity contribution is -0.142. The fraction of sp³-hybridized carbons (Fsp3) is 0.407. The van der Waals surface area contributed by atoms with Gasteiger partial charge in [-0.3, -0.25) is 14.4 Å². The lowest BCUT2D eigenvalue weighted by Gasteiger charge is -2.32. The minimum absolute atomic E-state index is 0.0212. The van der Waals surface area contributed by atoms with Crippen molar-refractivity contribution in [2.75, 3.05) is 20.2 Å². The minimum atomic E-state index is -0.864. The average molecular weight is 491 g/mol. The molecule has 2 amide bonds. The Morgan fingerprint density at radius 2 is 1.81 bits per heavy atom. The van der Waals surface area contributed by atoms with Crippen molar-refractivity contribution in [3.63, 3.8) is 0 Å². The fourth-order valence-corrected chi connectivity index (χ4v) is 5.43. The van der Waals surface area contributed by atoms with E-state index in [0.29, 0.717) is 42.6 Å². The van der Waals surface area contributed by atoms with Crippen molar-refractivity contribution in [2.24, 2.45) is 5.92 Å². The van der Waals surface area contributed by atoms with Gasteiger partial charge in [0, 0.05) is 30.9 Å². The highest BCUT2D eigenvalue weighted by Gasteiger charge is 2.34. The Morgan fingerprint density at radius 1 is 1.06 bits per heavy atom. The van der Waals surface area contributed by atoms with Crippen LogP contribution in [0.1, 0.15) is 64.3 Å². The number of carbonyl (C=O) groups excluding carboxylic acids is 2. The summed E-state index contributed by atoms with van der Waals surface area (Å²) in [4.78, 5) is 39.3. The Morgan fingerprint density at radius 3 is 2.50 bits per heavy atom. The van der Waals surface area contributed by atoms with E-state index >= 15 is 0 Å². The zero-order chi connectivity index (χ0) is 25.2. The molecule has 0 radical (unpaired) electrons. The number of benzene rings is 1. The molecule has 1 saturated carbocycles. The second-order valence-corrected chi connectivity index (χ2v) is 9.60. The summed E-state index contributed by atoms with van der Waals surface area (Å²) in [7, 11) is 1.60. The van der Waals surface area contributed by atoms with Gasteiger partial charge in [-0.25, -0.2) is 4.52 Å².